The number of thiophene rings is 1. The summed E-state index contributed by atoms with van der Waals surface area (Å²) in [5.74, 6) is 0.736. The van der Waals surface area contributed by atoms with Crippen molar-refractivity contribution in [2.75, 3.05) is 26.0 Å². The molecule has 0 fully saturated rings. The van der Waals surface area contributed by atoms with E-state index < -0.39 is 0 Å². The number of likely N-dealkylation sites (N-methyl/N-ethyl adjacent to an activating group) is 1. The van der Waals surface area contributed by atoms with Crippen LogP contribution >= 0.6 is 11.3 Å². The van der Waals surface area contributed by atoms with E-state index in [4.69, 9.17) is 4.42 Å². The number of hydrogen-bond donors (Lipinski definition) is 1. The smallest absolute Gasteiger partial charge is 0.196 e. The van der Waals surface area contributed by atoms with E-state index in [1.807, 2.05) is 24.3 Å². The molecule has 5 nitrogen and oxygen atoms in total. The molecule has 0 aliphatic heterocycles. The lowest BCUT2D eigenvalue weighted by atomic mass is 10.2. The van der Waals surface area contributed by atoms with Crippen LogP contribution in [0.15, 0.2) is 52.5 Å². The van der Waals surface area contributed by atoms with Crippen LogP contribution in [-0.4, -0.2) is 35.5 Å². The number of nitrogens with zero attached hydrogens (tertiary/aromatic N) is 3. The Balaban J connectivity index is 1.67. The highest BCUT2D eigenvalue weighted by molar-refractivity contribution is 7.10. The Hall–Kier alpha value is -2.44. The van der Waals surface area contributed by atoms with Gasteiger partial charge in [0.15, 0.2) is 11.4 Å². The van der Waals surface area contributed by atoms with Crippen LogP contribution in [0.4, 0.5) is 5.82 Å². The molecule has 0 radical (unpaired) electrons. The molecule has 3 heterocycles. The van der Waals surface area contributed by atoms with Crippen LogP contribution < -0.4 is 5.32 Å². The van der Waals surface area contributed by atoms with Crippen LogP contribution in [-0.2, 0) is 0 Å². The standard InChI is InChI=1S/C18H18N4OS/c1-22(2)13(15-8-5-9-24-15)10-19-18-17-16(20-11-21-18)12-6-3-4-7-14(12)23-17/h3-9,11,13H,10H2,1-2H3,(H,19,20,21)/t13-/m0/s1. The van der Waals surface area contributed by atoms with Gasteiger partial charge in [-0.3, -0.25) is 0 Å². The lowest BCUT2D eigenvalue weighted by Gasteiger charge is -2.23. The van der Waals surface area contributed by atoms with Gasteiger partial charge in [-0.05, 0) is 37.7 Å². The van der Waals surface area contributed by atoms with E-state index in [1.165, 1.54) is 4.88 Å². The number of rotatable bonds is 5. The van der Waals surface area contributed by atoms with Crippen molar-refractivity contribution in [3.05, 3.63) is 53.0 Å². The van der Waals surface area contributed by atoms with Gasteiger partial charge in [-0.25, -0.2) is 9.97 Å². The SMILES string of the molecule is CN(C)[C@@H](CNc1ncnc2c1oc1ccccc12)c1cccs1. The topological polar surface area (TPSA) is 54.2 Å². The summed E-state index contributed by atoms with van der Waals surface area (Å²) >= 11 is 1.76. The first-order valence-electron chi connectivity index (χ1n) is 7.80. The Kier molecular flexibility index (Phi) is 3.92. The molecule has 0 aliphatic rings. The Morgan fingerprint density at radius 1 is 1.17 bits per heavy atom. The second-order valence-electron chi connectivity index (χ2n) is 5.87. The van der Waals surface area contributed by atoms with Gasteiger partial charge in [0.05, 0.1) is 6.04 Å². The molecule has 0 unspecified atom stereocenters. The van der Waals surface area contributed by atoms with Crippen molar-refractivity contribution in [1.82, 2.24) is 14.9 Å². The van der Waals surface area contributed by atoms with Crippen LogP contribution in [0.5, 0.6) is 0 Å². The predicted octanol–water partition coefficient (Wildman–Crippen LogP) is 4.15. The monoisotopic (exact) mass is 338 g/mol. The minimum atomic E-state index is 0.277. The molecule has 24 heavy (non-hydrogen) atoms. The lowest BCUT2D eigenvalue weighted by molar-refractivity contribution is 0.316. The maximum atomic E-state index is 5.97. The number of anilines is 1. The van der Waals surface area contributed by atoms with E-state index in [0.717, 1.165) is 28.8 Å². The van der Waals surface area contributed by atoms with Crippen LogP contribution in [0.2, 0.25) is 0 Å². The molecular weight excluding hydrogens is 320 g/mol. The number of nitrogens with one attached hydrogen (secondary N) is 1. The quantitative estimate of drug-likeness (QED) is 0.592. The van der Waals surface area contributed by atoms with Crippen LogP contribution in [0.3, 0.4) is 0 Å². The summed E-state index contributed by atoms with van der Waals surface area (Å²) in [6.45, 7) is 0.747. The zero-order valence-electron chi connectivity index (χ0n) is 13.6. The molecule has 1 atom stereocenters. The molecule has 4 rings (SSSR count). The number of benzene rings is 1. The Bertz CT molecular complexity index is 962. The maximum Gasteiger partial charge on any atom is 0.196 e. The van der Waals surface area contributed by atoms with E-state index in [2.05, 4.69) is 51.8 Å². The van der Waals surface area contributed by atoms with Gasteiger partial charge in [-0.1, -0.05) is 18.2 Å². The molecule has 0 amide bonds. The van der Waals surface area contributed by atoms with Gasteiger partial charge in [0.2, 0.25) is 0 Å². The van der Waals surface area contributed by atoms with Crippen molar-refractivity contribution in [2.24, 2.45) is 0 Å². The Morgan fingerprint density at radius 2 is 2.04 bits per heavy atom. The summed E-state index contributed by atoms with van der Waals surface area (Å²) < 4.78 is 5.97. The fraction of sp³-hybridized carbons (Fsp3) is 0.222. The fourth-order valence-electron chi connectivity index (χ4n) is 2.86. The third-order valence-electron chi connectivity index (χ3n) is 4.12. The van der Waals surface area contributed by atoms with Gasteiger partial charge in [0.1, 0.15) is 17.4 Å². The molecule has 122 valence electrons. The largest absolute Gasteiger partial charge is 0.450 e. The number of hydrogen-bond acceptors (Lipinski definition) is 6. The second kappa shape index (κ2) is 6.22. The molecule has 3 aromatic heterocycles. The fourth-order valence-corrected chi connectivity index (χ4v) is 3.78. The molecule has 0 aliphatic carbocycles. The maximum absolute atomic E-state index is 5.97. The molecule has 4 aromatic rings. The second-order valence-corrected chi connectivity index (χ2v) is 6.85. The van der Waals surface area contributed by atoms with Gasteiger partial charge < -0.3 is 14.6 Å². The van der Waals surface area contributed by atoms with Crippen molar-refractivity contribution in [3.63, 3.8) is 0 Å². The van der Waals surface area contributed by atoms with Crippen molar-refractivity contribution < 1.29 is 4.42 Å². The lowest BCUT2D eigenvalue weighted by Crippen LogP contribution is -2.26. The molecule has 0 saturated carbocycles. The van der Waals surface area contributed by atoms with E-state index in [9.17, 15) is 0 Å². The summed E-state index contributed by atoms with van der Waals surface area (Å²) in [5.41, 5.74) is 2.39. The molecule has 6 heteroatoms. The predicted molar refractivity (Wildman–Crippen MR) is 98.5 cm³/mol. The minimum Gasteiger partial charge on any atom is -0.450 e. The van der Waals surface area contributed by atoms with Crippen molar-refractivity contribution in [3.8, 4) is 0 Å². The summed E-state index contributed by atoms with van der Waals surface area (Å²) in [4.78, 5) is 12.3. The third kappa shape index (κ3) is 2.64. The summed E-state index contributed by atoms with van der Waals surface area (Å²) in [6, 6.07) is 12.4. The number of aromatic nitrogens is 2. The third-order valence-corrected chi connectivity index (χ3v) is 5.09. The van der Waals surface area contributed by atoms with Crippen molar-refractivity contribution in [2.45, 2.75) is 6.04 Å². The molecular formula is C18H18N4OS. The van der Waals surface area contributed by atoms with Gasteiger partial charge in [0.25, 0.3) is 0 Å². The van der Waals surface area contributed by atoms with E-state index in [-0.39, 0.29) is 6.04 Å². The van der Waals surface area contributed by atoms with Crippen LogP contribution in [0.1, 0.15) is 10.9 Å². The van der Waals surface area contributed by atoms with Crippen LogP contribution in [0.25, 0.3) is 22.1 Å². The minimum absolute atomic E-state index is 0.277. The Morgan fingerprint density at radius 3 is 2.83 bits per heavy atom. The normalized spacial score (nSPS) is 13.0. The first-order chi connectivity index (χ1) is 11.7. The average Bonchev–Trinajstić information content (AvgIpc) is 3.22. The van der Waals surface area contributed by atoms with Crippen LogP contribution in [0, 0.1) is 0 Å². The van der Waals surface area contributed by atoms with Crippen molar-refractivity contribution >= 4 is 39.2 Å². The summed E-state index contributed by atoms with van der Waals surface area (Å²) in [6.07, 6.45) is 1.59. The molecule has 1 N–H and O–H groups in total. The highest BCUT2D eigenvalue weighted by Gasteiger charge is 2.17. The van der Waals surface area contributed by atoms with E-state index in [0.29, 0.717) is 5.58 Å². The van der Waals surface area contributed by atoms with Crippen molar-refractivity contribution in [1.29, 1.82) is 0 Å². The molecule has 0 bridgehead atoms. The Labute approximate surface area is 143 Å². The number of furan rings is 1. The average molecular weight is 338 g/mol. The highest BCUT2D eigenvalue weighted by Crippen LogP contribution is 2.31. The number of fused-ring (bicyclic) bond motifs is 3. The zero-order valence-corrected chi connectivity index (χ0v) is 14.4. The number of para-hydroxylation sites is 1. The molecule has 0 spiro atoms. The first-order valence-corrected chi connectivity index (χ1v) is 8.68. The van der Waals surface area contributed by atoms with Gasteiger partial charge in [-0.15, -0.1) is 11.3 Å². The first kappa shape index (κ1) is 15.1. The highest BCUT2D eigenvalue weighted by atomic mass is 32.1. The molecule has 1 aromatic carbocycles. The molecule has 0 saturated heterocycles. The van der Waals surface area contributed by atoms with E-state index >= 15 is 0 Å². The van der Waals surface area contributed by atoms with Gasteiger partial charge in [-0.2, -0.15) is 0 Å². The van der Waals surface area contributed by atoms with Gasteiger partial charge >= 0.3 is 0 Å². The summed E-state index contributed by atoms with van der Waals surface area (Å²) in [5, 5.41) is 6.56. The van der Waals surface area contributed by atoms with Gasteiger partial charge in [0, 0.05) is 16.8 Å². The summed E-state index contributed by atoms with van der Waals surface area (Å²) in [7, 11) is 4.17. The zero-order chi connectivity index (χ0) is 16.5. The van der Waals surface area contributed by atoms with E-state index in [1.54, 1.807) is 17.7 Å².